The van der Waals surface area contributed by atoms with Crippen LogP contribution in [0.4, 0.5) is 4.39 Å². The van der Waals surface area contributed by atoms with Crippen molar-refractivity contribution in [1.82, 2.24) is 0 Å². The summed E-state index contributed by atoms with van der Waals surface area (Å²) in [6.45, 7) is 0. The lowest BCUT2D eigenvalue weighted by Gasteiger charge is -2.16. The summed E-state index contributed by atoms with van der Waals surface area (Å²) >= 11 is 6.87. The number of rotatable bonds is 5. The second kappa shape index (κ2) is 7.27. The third-order valence-electron chi connectivity index (χ3n) is 3.16. The highest BCUT2D eigenvalue weighted by Crippen LogP contribution is 2.37. The van der Waals surface area contributed by atoms with Gasteiger partial charge in [0.25, 0.3) is 0 Å². The van der Waals surface area contributed by atoms with Crippen molar-refractivity contribution in [3.8, 4) is 11.5 Å². The zero-order valence-electron chi connectivity index (χ0n) is 11.7. The predicted molar refractivity (Wildman–Crippen MR) is 89.0 cm³/mol. The molecule has 0 heterocycles. The molecular formula is C16H15Br2FO2. The molecule has 0 aromatic heterocycles. The molecule has 2 aromatic carbocycles. The molecule has 0 amide bonds. The fourth-order valence-electron chi connectivity index (χ4n) is 2.08. The van der Waals surface area contributed by atoms with Crippen LogP contribution in [0.1, 0.15) is 16.0 Å². The molecule has 21 heavy (non-hydrogen) atoms. The Morgan fingerprint density at radius 2 is 1.90 bits per heavy atom. The lowest BCUT2D eigenvalue weighted by Crippen LogP contribution is -2.00. The zero-order chi connectivity index (χ0) is 15.4. The first-order valence-corrected chi connectivity index (χ1v) is 8.06. The van der Waals surface area contributed by atoms with Crippen molar-refractivity contribution in [3.05, 3.63) is 57.8 Å². The molecule has 2 aromatic rings. The van der Waals surface area contributed by atoms with Gasteiger partial charge in [-0.25, -0.2) is 4.39 Å². The van der Waals surface area contributed by atoms with Gasteiger partial charge in [-0.05, 0) is 46.1 Å². The van der Waals surface area contributed by atoms with Crippen LogP contribution in [-0.2, 0) is 6.42 Å². The number of halogens is 3. The van der Waals surface area contributed by atoms with Gasteiger partial charge in [0.2, 0.25) is 0 Å². The van der Waals surface area contributed by atoms with Gasteiger partial charge in [0, 0.05) is 16.5 Å². The van der Waals surface area contributed by atoms with Gasteiger partial charge in [-0.2, -0.15) is 0 Å². The molecule has 0 fully saturated rings. The van der Waals surface area contributed by atoms with Crippen LogP contribution in [0.3, 0.4) is 0 Å². The van der Waals surface area contributed by atoms with E-state index in [1.165, 1.54) is 13.2 Å². The molecular weight excluding hydrogens is 403 g/mol. The summed E-state index contributed by atoms with van der Waals surface area (Å²) < 4.78 is 24.5. The number of hydrogen-bond acceptors (Lipinski definition) is 2. The molecule has 1 unspecified atom stereocenters. The van der Waals surface area contributed by atoms with E-state index in [1.54, 1.807) is 13.2 Å². The highest BCUT2D eigenvalue weighted by Gasteiger charge is 2.17. The SMILES string of the molecule is COc1cccc(CC(Br)c2cc(Br)c(F)cc2OC)c1. The average molecular weight is 418 g/mol. The molecule has 112 valence electrons. The highest BCUT2D eigenvalue weighted by molar-refractivity contribution is 9.10. The Bertz CT molecular complexity index is 632. The molecule has 0 spiro atoms. The van der Waals surface area contributed by atoms with E-state index < -0.39 is 0 Å². The largest absolute Gasteiger partial charge is 0.497 e. The fourth-order valence-corrected chi connectivity index (χ4v) is 3.17. The monoisotopic (exact) mass is 416 g/mol. The number of hydrogen-bond donors (Lipinski definition) is 0. The summed E-state index contributed by atoms with van der Waals surface area (Å²) in [5, 5.41) is 0. The first-order valence-electron chi connectivity index (χ1n) is 6.35. The third-order valence-corrected chi connectivity index (χ3v) is 4.58. The molecule has 0 aliphatic heterocycles. The van der Waals surface area contributed by atoms with Crippen LogP contribution in [0.5, 0.6) is 11.5 Å². The van der Waals surface area contributed by atoms with Crippen molar-refractivity contribution in [1.29, 1.82) is 0 Å². The van der Waals surface area contributed by atoms with Gasteiger partial charge in [-0.3, -0.25) is 0 Å². The third kappa shape index (κ3) is 3.98. The van der Waals surface area contributed by atoms with Gasteiger partial charge in [0.05, 0.1) is 18.7 Å². The fraction of sp³-hybridized carbons (Fsp3) is 0.250. The molecule has 2 nitrogen and oxygen atoms in total. The first kappa shape index (κ1) is 16.3. The van der Waals surface area contributed by atoms with Gasteiger partial charge >= 0.3 is 0 Å². The van der Waals surface area contributed by atoms with E-state index in [-0.39, 0.29) is 10.6 Å². The molecule has 0 saturated carbocycles. The van der Waals surface area contributed by atoms with Crippen LogP contribution in [0.15, 0.2) is 40.9 Å². The van der Waals surface area contributed by atoms with Crippen molar-refractivity contribution in [2.75, 3.05) is 14.2 Å². The number of methoxy groups -OCH3 is 2. The van der Waals surface area contributed by atoms with E-state index in [0.29, 0.717) is 10.2 Å². The van der Waals surface area contributed by atoms with E-state index >= 15 is 0 Å². The Kier molecular flexibility index (Phi) is 5.65. The number of benzene rings is 2. The Morgan fingerprint density at radius 1 is 1.14 bits per heavy atom. The standard InChI is InChI=1S/C16H15Br2FO2/c1-20-11-5-3-4-10(6-11)7-13(17)12-8-14(18)15(19)9-16(12)21-2/h3-6,8-9,13H,7H2,1-2H3. The minimum Gasteiger partial charge on any atom is -0.497 e. The van der Waals surface area contributed by atoms with Gasteiger partial charge in [-0.15, -0.1) is 0 Å². The average Bonchev–Trinajstić information content (AvgIpc) is 2.49. The van der Waals surface area contributed by atoms with E-state index in [9.17, 15) is 4.39 Å². The summed E-state index contributed by atoms with van der Waals surface area (Å²) in [4.78, 5) is 0.0106. The summed E-state index contributed by atoms with van der Waals surface area (Å²) in [7, 11) is 3.18. The summed E-state index contributed by atoms with van der Waals surface area (Å²) in [6.07, 6.45) is 0.742. The molecule has 0 saturated heterocycles. The second-order valence-corrected chi connectivity index (χ2v) is 6.49. The normalized spacial score (nSPS) is 12.0. The van der Waals surface area contributed by atoms with Crippen molar-refractivity contribution in [2.45, 2.75) is 11.2 Å². The maximum atomic E-state index is 13.6. The van der Waals surface area contributed by atoms with Gasteiger partial charge in [-0.1, -0.05) is 28.1 Å². The quantitative estimate of drug-likeness (QED) is 0.615. The maximum Gasteiger partial charge on any atom is 0.141 e. The number of ether oxygens (including phenoxy) is 2. The highest BCUT2D eigenvalue weighted by atomic mass is 79.9. The molecule has 0 bridgehead atoms. The first-order chi connectivity index (χ1) is 10.0. The van der Waals surface area contributed by atoms with Crippen LogP contribution in [0.25, 0.3) is 0 Å². The summed E-state index contributed by atoms with van der Waals surface area (Å²) in [5.41, 5.74) is 2.02. The Balaban J connectivity index is 2.27. The Hall–Kier alpha value is -1.07. The van der Waals surface area contributed by atoms with E-state index in [1.807, 2.05) is 24.3 Å². The van der Waals surface area contributed by atoms with E-state index in [0.717, 1.165) is 23.3 Å². The molecule has 0 N–H and O–H groups in total. The minimum atomic E-state index is -0.336. The van der Waals surface area contributed by atoms with Crippen molar-refractivity contribution in [2.24, 2.45) is 0 Å². The van der Waals surface area contributed by atoms with Crippen LogP contribution < -0.4 is 9.47 Å². The van der Waals surface area contributed by atoms with Crippen LogP contribution >= 0.6 is 31.9 Å². The van der Waals surface area contributed by atoms with Crippen LogP contribution in [0.2, 0.25) is 0 Å². The predicted octanol–water partition coefficient (Wildman–Crippen LogP) is 5.28. The van der Waals surface area contributed by atoms with Gasteiger partial charge < -0.3 is 9.47 Å². The molecule has 0 aliphatic carbocycles. The second-order valence-electron chi connectivity index (χ2n) is 4.53. The lowest BCUT2D eigenvalue weighted by molar-refractivity contribution is 0.405. The van der Waals surface area contributed by atoms with E-state index in [4.69, 9.17) is 9.47 Å². The van der Waals surface area contributed by atoms with Gasteiger partial charge in [0.15, 0.2) is 0 Å². The Labute approximate surface area is 140 Å². The molecule has 5 heteroatoms. The van der Waals surface area contributed by atoms with Crippen LogP contribution in [-0.4, -0.2) is 14.2 Å². The molecule has 2 rings (SSSR count). The topological polar surface area (TPSA) is 18.5 Å². The van der Waals surface area contributed by atoms with Crippen molar-refractivity contribution >= 4 is 31.9 Å². The number of alkyl halides is 1. The van der Waals surface area contributed by atoms with Crippen molar-refractivity contribution in [3.63, 3.8) is 0 Å². The lowest BCUT2D eigenvalue weighted by atomic mass is 10.0. The summed E-state index contributed by atoms with van der Waals surface area (Å²) in [6, 6.07) is 11.0. The smallest absolute Gasteiger partial charge is 0.141 e. The van der Waals surface area contributed by atoms with Crippen molar-refractivity contribution < 1.29 is 13.9 Å². The molecule has 0 radical (unpaired) electrons. The maximum absolute atomic E-state index is 13.6. The summed E-state index contributed by atoms with van der Waals surface area (Å²) in [5.74, 6) is 1.01. The zero-order valence-corrected chi connectivity index (χ0v) is 14.9. The van der Waals surface area contributed by atoms with Crippen LogP contribution in [0, 0.1) is 5.82 Å². The van der Waals surface area contributed by atoms with E-state index in [2.05, 4.69) is 31.9 Å². The molecule has 0 aliphatic rings. The minimum absolute atomic E-state index is 0.0106. The van der Waals surface area contributed by atoms with Gasteiger partial charge in [0.1, 0.15) is 17.3 Å². The molecule has 1 atom stereocenters. The Morgan fingerprint density at radius 3 is 2.57 bits per heavy atom.